The van der Waals surface area contributed by atoms with Crippen LogP contribution in [0.15, 0.2) is 0 Å². The fraction of sp³-hybridized carbons (Fsp3) is 0.682. The molecule has 7 nitrogen and oxygen atoms in total. The molecule has 0 spiro atoms. The third-order valence-electron chi connectivity index (χ3n) is 5.69. The van der Waals surface area contributed by atoms with E-state index in [-0.39, 0.29) is 17.6 Å². The van der Waals surface area contributed by atoms with Gasteiger partial charge in [0, 0.05) is 50.4 Å². The molecule has 0 unspecified atom stereocenters. The number of urea groups is 1. The fourth-order valence-corrected chi connectivity index (χ4v) is 4.07. The molecule has 158 valence electrons. The fourth-order valence-electron chi connectivity index (χ4n) is 4.07. The number of anilines is 1. The Kier molecular flexibility index (Phi) is 6.33. The summed E-state index contributed by atoms with van der Waals surface area (Å²) in [5.74, 6) is 1.01. The summed E-state index contributed by atoms with van der Waals surface area (Å²) in [5, 5.41) is 12.9. The van der Waals surface area contributed by atoms with Gasteiger partial charge in [0.2, 0.25) is 0 Å². The van der Waals surface area contributed by atoms with E-state index in [0.717, 1.165) is 29.9 Å². The molecule has 3 heterocycles. The number of amides is 2. The largest absolute Gasteiger partial charge is 0.370 e. The van der Waals surface area contributed by atoms with Crippen LogP contribution >= 0.6 is 0 Å². The van der Waals surface area contributed by atoms with Crippen LogP contribution in [0.3, 0.4) is 0 Å². The average molecular weight is 400 g/mol. The summed E-state index contributed by atoms with van der Waals surface area (Å²) in [6.45, 7) is 14.2. The highest BCUT2D eigenvalue weighted by Crippen LogP contribution is 2.37. The van der Waals surface area contributed by atoms with Gasteiger partial charge in [-0.2, -0.15) is 5.26 Å². The molecule has 1 fully saturated rings. The molecular weight excluding hydrogens is 366 g/mol. The molecule has 0 aromatic carbocycles. The standard InChI is InChI=1S/C22H33N5O2/c1-6-7-24-21(28)27-10-8-26(9-11-27)20-17(13-23)18-14-29-22(4,5)12-16(18)19(25-20)15(2)3/h15H,6-12,14H2,1-5H3,(H,24,28). The second-order valence-electron chi connectivity index (χ2n) is 8.85. The van der Waals surface area contributed by atoms with E-state index >= 15 is 0 Å². The van der Waals surface area contributed by atoms with Crippen LogP contribution in [0.5, 0.6) is 0 Å². The van der Waals surface area contributed by atoms with Crippen LogP contribution in [0.25, 0.3) is 0 Å². The predicted octanol–water partition coefficient (Wildman–Crippen LogP) is 3.17. The zero-order chi connectivity index (χ0) is 21.2. The summed E-state index contributed by atoms with van der Waals surface area (Å²) in [4.78, 5) is 21.2. The molecule has 1 saturated heterocycles. The van der Waals surface area contributed by atoms with Crippen molar-refractivity contribution in [3.63, 3.8) is 0 Å². The molecule has 1 N–H and O–H groups in total. The van der Waals surface area contributed by atoms with Crippen LogP contribution in [-0.4, -0.2) is 54.2 Å². The Balaban J connectivity index is 1.88. The first kappa shape index (κ1) is 21.4. The number of carbonyl (C=O) groups is 1. The number of nitrogens with zero attached hydrogens (tertiary/aromatic N) is 4. The lowest BCUT2D eigenvalue weighted by Gasteiger charge is -2.38. The number of ether oxygens (including phenoxy) is 1. The van der Waals surface area contributed by atoms with E-state index in [0.29, 0.717) is 44.9 Å². The Morgan fingerprint density at radius 1 is 1.28 bits per heavy atom. The number of carbonyl (C=O) groups excluding carboxylic acids is 1. The Bertz CT molecular complexity index is 804. The van der Waals surface area contributed by atoms with Gasteiger partial charge in [0.25, 0.3) is 0 Å². The lowest BCUT2D eigenvalue weighted by molar-refractivity contribution is -0.0406. The molecule has 0 aliphatic carbocycles. The van der Waals surface area contributed by atoms with Gasteiger partial charge in [0.15, 0.2) is 0 Å². The Morgan fingerprint density at radius 3 is 2.55 bits per heavy atom. The highest BCUT2D eigenvalue weighted by atomic mass is 16.5. The van der Waals surface area contributed by atoms with E-state index < -0.39 is 0 Å². The van der Waals surface area contributed by atoms with Crippen molar-refractivity contribution < 1.29 is 9.53 Å². The van der Waals surface area contributed by atoms with Crippen molar-refractivity contribution >= 4 is 11.8 Å². The first-order valence-electron chi connectivity index (χ1n) is 10.6. The van der Waals surface area contributed by atoms with E-state index in [1.54, 1.807) is 0 Å². The van der Waals surface area contributed by atoms with Gasteiger partial charge in [0.05, 0.1) is 12.2 Å². The van der Waals surface area contributed by atoms with Crippen LogP contribution < -0.4 is 10.2 Å². The molecular formula is C22H33N5O2. The number of hydrogen-bond donors (Lipinski definition) is 1. The third-order valence-corrected chi connectivity index (χ3v) is 5.69. The van der Waals surface area contributed by atoms with Crippen molar-refractivity contribution in [3.8, 4) is 6.07 Å². The van der Waals surface area contributed by atoms with Crippen LogP contribution in [0.4, 0.5) is 10.6 Å². The van der Waals surface area contributed by atoms with Crippen LogP contribution in [-0.2, 0) is 17.8 Å². The number of piperazine rings is 1. The molecule has 2 aliphatic rings. The monoisotopic (exact) mass is 399 g/mol. The van der Waals surface area contributed by atoms with Gasteiger partial charge in [-0.15, -0.1) is 0 Å². The number of nitrogens with one attached hydrogen (secondary N) is 1. The molecule has 7 heteroatoms. The van der Waals surface area contributed by atoms with Gasteiger partial charge >= 0.3 is 6.03 Å². The predicted molar refractivity (Wildman–Crippen MR) is 113 cm³/mol. The SMILES string of the molecule is CCCNC(=O)N1CCN(c2nc(C(C)C)c3c(c2C#N)COC(C)(C)C3)CC1. The molecule has 2 aliphatic heterocycles. The molecule has 0 atom stereocenters. The molecule has 0 bridgehead atoms. The van der Waals surface area contributed by atoms with Gasteiger partial charge in [-0.3, -0.25) is 0 Å². The van der Waals surface area contributed by atoms with E-state index in [1.807, 2.05) is 11.8 Å². The lowest BCUT2D eigenvalue weighted by atomic mass is 9.86. The molecule has 2 amide bonds. The maximum Gasteiger partial charge on any atom is 0.317 e. The Hall–Kier alpha value is -2.33. The van der Waals surface area contributed by atoms with Crippen molar-refractivity contribution in [2.24, 2.45) is 0 Å². The Morgan fingerprint density at radius 2 is 1.97 bits per heavy atom. The minimum absolute atomic E-state index is 0.0103. The number of aromatic nitrogens is 1. The second-order valence-corrected chi connectivity index (χ2v) is 8.85. The van der Waals surface area contributed by atoms with Gasteiger partial charge in [-0.1, -0.05) is 20.8 Å². The summed E-state index contributed by atoms with van der Waals surface area (Å²) in [7, 11) is 0. The first-order valence-corrected chi connectivity index (χ1v) is 10.6. The average Bonchev–Trinajstić information content (AvgIpc) is 2.70. The smallest absolute Gasteiger partial charge is 0.317 e. The maximum absolute atomic E-state index is 12.2. The van der Waals surface area contributed by atoms with Crippen molar-refractivity contribution in [1.82, 2.24) is 15.2 Å². The zero-order valence-corrected chi connectivity index (χ0v) is 18.3. The van der Waals surface area contributed by atoms with Gasteiger partial charge in [0.1, 0.15) is 17.5 Å². The van der Waals surface area contributed by atoms with Crippen molar-refractivity contribution in [2.45, 2.75) is 65.6 Å². The molecule has 1 aromatic heterocycles. The molecule has 3 rings (SSSR count). The van der Waals surface area contributed by atoms with Crippen LogP contribution in [0.1, 0.15) is 69.3 Å². The topological polar surface area (TPSA) is 81.5 Å². The quantitative estimate of drug-likeness (QED) is 0.841. The van der Waals surface area contributed by atoms with Gasteiger partial charge in [-0.25, -0.2) is 9.78 Å². The van der Waals surface area contributed by atoms with Crippen molar-refractivity contribution in [3.05, 3.63) is 22.4 Å². The third kappa shape index (κ3) is 4.48. The van der Waals surface area contributed by atoms with E-state index in [1.165, 1.54) is 5.56 Å². The van der Waals surface area contributed by atoms with Crippen molar-refractivity contribution in [2.75, 3.05) is 37.6 Å². The summed E-state index contributed by atoms with van der Waals surface area (Å²) < 4.78 is 6.04. The summed E-state index contributed by atoms with van der Waals surface area (Å²) in [6.07, 6.45) is 1.69. The highest BCUT2D eigenvalue weighted by Gasteiger charge is 2.34. The molecule has 0 radical (unpaired) electrons. The normalized spacial score (nSPS) is 18.4. The zero-order valence-electron chi connectivity index (χ0n) is 18.3. The first-order chi connectivity index (χ1) is 13.8. The van der Waals surface area contributed by atoms with Gasteiger partial charge in [-0.05, 0) is 31.7 Å². The molecule has 0 saturated carbocycles. The summed E-state index contributed by atoms with van der Waals surface area (Å²) in [6, 6.07) is 2.39. The second kappa shape index (κ2) is 8.58. The molecule has 29 heavy (non-hydrogen) atoms. The number of fused-ring (bicyclic) bond motifs is 1. The van der Waals surface area contributed by atoms with Crippen molar-refractivity contribution in [1.29, 1.82) is 5.26 Å². The van der Waals surface area contributed by atoms with Crippen LogP contribution in [0.2, 0.25) is 0 Å². The van der Waals surface area contributed by atoms with Gasteiger partial charge < -0.3 is 19.9 Å². The number of rotatable bonds is 4. The summed E-state index contributed by atoms with van der Waals surface area (Å²) >= 11 is 0. The van der Waals surface area contributed by atoms with E-state index in [9.17, 15) is 10.1 Å². The maximum atomic E-state index is 12.2. The number of nitriles is 1. The van der Waals surface area contributed by atoms with E-state index in [4.69, 9.17) is 9.72 Å². The highest BCUT2D eigenvalue weighted by molar-refractivity contribution is 5.74. The minimum atomic E-state index is -0.246. The van der Waals surface area contributed by atoms with E-state index in [2.05, 4.69) is 44.0 Å². The Labute approximate surface area is 174 Å². The molecule has 1 aromatic rings. The number of hydrogen-bond acceptors (Lipinski definition) is 5. The lowest BCUT2D eigenvalue weighted by Crippen LogP contribution is -2.52. The number of pyridine rings is 1. The minimum Gasteiger partial charge on any atom is -0.370 e. The van der Waals surface area contributed by atoms with Crippen LogP contribution in [0, 0.1) is 11.3 Å². The summed E-state index contributed by atoms with van der Waals surface area (Å²) in [5.41, 5.74) is 3.61.